The number of fused-ring (bicyclic) bond motifs is 3. The molecule has 0 aromatic heterocycles. The highest BCUT2D eigenvalue weighted by Crippen LogP contribution is 2.51. The molecule has 0 saturated heterocycles. The number of hydrogen-bond acceptors (Lipinski definition) is 4. The van der Waals surface area contributed by atoms with E-state index >= 15 is 0 Å². The van der Waals surface area contributed by atoms with Crippen molar-refractivity contribution in [2.45, 2.75) is 23.3 Å². The molecule has 0 spiro atoms. The Kier molecular flexibility index (Phi) is 5.35. The number of sulfonamides is 1. The zero-order valence-electron chi connectivity index (χ0n) is 17.5. The van der Waals surface area contributed by atoms with Gasteiger partial charge in [0.05, 0.1) is 23.7 Å². The van der Waals surface area contributed by atoms with Gasteiger partial charge in [0.25, 0.3) is 10.0 Å². The van der Waals surface area contributed by atoms with E-state index in [4.69, 9.17) is 16.3 Å². The normalized spacial score (nSPS) is 21.4. The summed E-state index contributed by atoms with van der Waals surface area (Å²) >= 11 is 6.50. The quantitative estimate of drug-likeness (QED) is 0.454. The second-order valence-corrected chi connectivity index (χ2v) is 10.2. The number of methoxy groups -OCH3 is 1. The summed E-state index contributed by atoms with van der Waals surface area (Å²) < 4.78 is 34.0. The third kappa shape index (κ3) is 3.74. The first kappa shape index (κ1) is 20.9. The van der Waals surface area contributed by atoms with Gasteiger partial charge in [-0.15, -0.1) is 0 Å². The van der Waals surface area contributed by atoms with Gasteiger partial charge < -0.3 is 10.1 Å². The van der Waals surface area contributed by atoms with Gasteiger partial charge in [-0.25, -0.2) is 8.42 Å². The largest absolute Gasteiger partial charge is 0.497 e. The lowest BCUT2D eigenvalue weighted by Gasteiger charge is -2.38. The summed E-state index contributed by atoms with van der Waals surface area (Å²) in [5.74, 6) is 0.982. The van der Waals surface area contributed by atoms with Crippen LogP contribution >= 0.6 is 11.6 Å². The van der Waals surface area contributed by atoms with Gasteiger partial charge in [0.1, 0.15) is 5.75 Å². The van der Waals surface area contributed by atoms with Crippen molar-refractivity contribution >= 4 is 33.0 Å². The number of allylic oxidation sites excluding steroid dienone is 2. The van der Waals surface area contributed by atoms with E-state index < -0.39 is 10.0 Å². The smallest absolute Gasteiger partial charge is 0.261 e. The van der Waals surface area contributed by atoms with E-state index in [9.17, 15) is 8.42 Å². The molecule has 5 rings (SSSR count). The maximum Gasteiger partial charge on any atom is 0.261 e. The summed E-state index contributed by atoms with van der Waals surface area (Å²) in [4.78, 5) is 0.233. The molecule has 3 aromatic carbocycles. The Morgan fingerprint density at radius 2 is 1.88 bits per heavy atom. The van der Waals surface area contributed by atoms with Crippen LogP contribution in [0.1, 0.15) is 29.5 Å². The second-order valence-electron chi connectivity index (χ2n) is 8.08. The van der Waals surface area contributed by atoms with Crippen molar-refractivity contribution in [2.75, 3.05) is 17.1 Å². The number of rotatable bonds is 5. The average molecular weight is 467 g/mol. The zero-order valence-corrected chi connectivity index (χ0v) is 19.0. The molecule has 164 valence electrons. The van der Waals surface area contributed by atoms with Crippen molar-refractivity contribution in [3.05, 3.63) is 95.0 Å². The number of anilines is 2. The van der Waals surface area contributed by atoms with Crippen molar-refractivity contribution in [3.8, 4) is 5.75 Å². The van der Waals surface area contributed by atoms with Crippen molar-refractivity contribution < 1.29 is 13.2 Å². The first-order valence-electron chi connectivity index (χ1n) is 10.4. The van der Waals surface area contributed by atoms with Crippen LogP contribution in [-0.2, 0) is 10.0 Å². The van der Waals surface area contributed by atoms with Crippen LogP contribution < -0.4 is 14.8 Å². The van der Waals surface area contributed by atoms with Gasteiger partial charge in [-0.1, -0.05) is 48.0 Å². The predicted octanol–water partition coefficient (Wildman–Crippen LogP) is 5.98. The van der Waals surface area contributed by atoms with Gasteiger partial charge in [-0.05, 0) is 59.9 Å². The average Bonchev–Trinajstić information content (AvgIpc) is 3.29. The Hall–Kier alpha value is -2.96. The molecule has 3 aromatic rings. The zero-order chi connectivity index (χ0) is 22.3. The molecule has 0 fully saturated rings. The van der Waals surface area contributed by atoms with E-state index in [2.05, 4.69) is 28.3 Å². The van der Waals surface area contributed by atoms with Crippen LogP contribution in [0, 0.1) is 5.92 Å². The van der Waals surface area contributed by atoms with E-state index in [-0.39, 0.29) is 22.8 Å². The molecule has 2 N–H and O–H groups in total. The molecule has 7 heteroatoms. The van der Waals surface area contributed by atoms with Gasteiger partial charge in [0, 0.05) is 22.7 Å². The topological polar surface area (TPSA) is 67.4 Å². The lowest BCUT2D eigenvalue weighted by Crippen LogP contribution is -2.29. The standard InChI is InChI=1S/C25H23ClN2O3S/c1-31-17-7-4-6-16(14-17)28-32(29,30)18-12-13-24-22(15-18)19-9-5-10-20(19)25(27-24)21-8-2-3-11-23(21)26/h2-9,11-15,19-20,25,27-28H,10H2,1H3/t19-,20+,25-/m1/s1. The van der Waals surface area contributed by atoms with Gasteiger partial charge in [0.2, 0.25) is 0 Å². The highest BCUT2D eigenvalue weighted by Gasteiger charge is 2.39. The third-order valence-electron chi connectivity index (χ3n) is 6.21. The molecule has 1 aliphatic heterocycles. The first-order valence-corrected chi connectivity index (χ1v) is 12.3. The first-order chi connectivity index (χ1) is 15.5. The van der Waals surface area contributed by atoms with Crippen LogP contribution in [0.25, 0.3) is 0 Å². The molecule has 0 saturated carbocycles. The van der Waals surface area contributed by atoms with Crippen molar-refractivity contribution in [2.24, 2.45) is 5.92 Å². The second kappa shape index (κ2) is 8.19. The molecule has 0 amide bonds. The molecule has 5 nitrogen and oxygen atoms in total. The molecule has 32 heavy (non-hydrogen) atoms. The van der Waals surface area contributed by atoms with Crippen LogP contribution in [-0.4, -0.2) is 15.5 Å². The molecular formula is C25H23ClN2O3S. The summed E-state index contributed by atoms with van der Waals surface area (Å²) in [6.07, 6.45) is 5.26. The molecule has 0 unspecified atom stereocenters. The number of benzene rings is 3. The molecule has 1 aliphatic carbocycles. The fourth-order valence-corrected chi connectivity index (χ4v) is 6.01. The number of hydrogen-bond donors (Lipinski definition) is 2. The van der Waals surface area contributed by atoms with Crippen LogP contribution in [0.4, 0.5) is 11.4 Å². The van der Waals surface area contributed by atoms with Gasteiger partial charge in [0.15, 0.2) is 0 Å². The van der Waals surface area contributed by atoms with E-state index in [1.54, 1.807) is 43.5 Å². The van der Waals surface area contributed by atoms with E-state index in [1.807, 2.05) is 24.3 Å². The third-order valence-corrected chi connectivity index (χ3v) is 7.93. The lowest BCUT2D eigenvalue weighted by atomic mass is 9.77. The summed E-state index contributed by atoms with van der Waals surface area (Å²) in [5, 5.41) is 4.35. The maximum atomic E-state index is 13.1. The van der Waals surface area contributed by atoms with E-state index in [1.165, 1.54) is 0 Å². The summed E-state index contributed by atoms with van der Waals surface area (Å²) in [6.45, 7) is 0. The molecule has 0 bridgehead atoms. The molecule has 2 aliphatic rings. The van der Waals surface area contributed by atoms with Crippen molar-refractivity contribution in [1.82, 2.24) is 0 Å². The van der Waals surface area contributed by atoms with Crippen molar-refractivity contribution in [1.29, 1.82) is 0 Å². The highest BCUT2D eigenvalue weighted by molar-refractivity contribution is 7.92. The molecule has 3 atom stereocenters. The van der Waals surface area contributed by atoms with Gasteiger partial charge in [-0.3, -0.25) is 4.72 Å². The number of nitrogens with one attached hydrogen (secondary N) is 2. The van der Waals surface area contributed by atoms with Crippen LogP contribution in [0.2, 0.25) is 5.02 Å². The number of halogens is 1. The minimum Gasteiger partial charge on any atom is -0.497 e. The molecule has 1 heterocycles. The summed E-state index contributed by atoms with van der Waals surface area (Å²) in [5.41, 5.74) is 3.44. The van der Waals surface area contributed by atoms with Crippen LogP contribution in [0.3, 0.4) is 0 Å². The summed E-state index contributed by atoms with van der Waals surface area (Å²) in [7, 11) is -2.20. The van der Waals surface area contributed by atoms with Gasteiger partial charge >= 0.3 is 0 Å². The van der Waals surface area contributed by atoms with Crippen molar-refractivity contribution in [3.63, 3.8) is 0 Å². The predicted molar refractivity (Wildman–Crippen MR) is 128 cm³/mol. The maximum absolute atomic E-state index is 13.1. The Morgan fingerprint density at radius 3 is 2.69 bits per heavy atom. The Balaban J connectivity index is 1.49. The number of ether oxygens (including phenoxy) is 1. The lowest BCUT2D eigenvalue weighted by molar-refractivity contribution is 0.415. The highest BCUT2D eigenvalue weighted by atomic mass is 35.5. The minimum absolute atomic E-state index is 0.0635. The van der Waals surface area contributed by atoms with E-state index in [0.29, 0.717) is 11.4 Å². The van der Waals surface area contributed by atoms with Crippen LogP contribution in [0.5, 0.6) is 5.75 Å². The fourth-order valence-electron chi connectivity index (χ4n) is 4.68. The fraction of sp³-hybridized carbons (Fsp3) is 0.200. The Morgan fingerprint density at radius 1 is 1.03 bits per heavy atom. The summed E-state index contributed by atoms with van der Waals surface area (Å²) in [6, 6.07) is 20.1. The van der Waals surface area contributed by atoms with Gasteiger partial charge in [-0.2, -0.15) is 0 Å². The van der Waals surface area contributed by atoms with Crippen LogP contribution in [0.15, 0.2) is 83.8 Å². The molecule has 0 radical (unpaired) electrons. The SMILES string of the molecule is COc1cccc(NS(=O)(=O)c2ccc3c(c2)[C@@H]2C=CC[C@@H]2[C@H](c2ccccc2Cl)N3)c1. The monoisotopic (exact) mass is 466 g/mol. The molecular weight excluding hydrogens is 444 g/mol. The Bertz CT molecular complexity index is 1310. The van der Waals surface area contributed by atoms with E-state index in [0.717, 1.165) is 28.3 Å². The minimum atomic E-state index is -3.75. The Labute approximate surface area is 193 Å².